The van der Waals surface area contributed by atoms with Crippen LogP contribution in [0.4, 0.5) is 5.82 Å². The van der Waals surface area contributed by atoms with Crippen LogP contribution < -0.4 is 5.73 Å². The highest BCUT2D eigenvalue weighted by Crippen LogP contribution is 2.35. The van der Waals surface area contributed by atoms with Crippen LogP contribution in [-0.2, 0) is 0 Å². The number of nitrogens with zero attached hydrogens (tertiary/aromatic N) is 3. The molecule has 32 heavy (non-hydrogen) atoms. The van der Waals surface area contributed by atoms with Crippen LogP contribution in [0.15, 0.2) is 96.8 Å². The molecule has 1 aliphatic heterocycles. The average molecular weight is 425 g/mol. The van der Waals surface area contributed by atoms with E-state index in [1.54, 1.807) is 0 Å². The monoisotopic (exact) mass is 424 g/mol. The number of allylic oxidation sites excluding steroid dienone is 1. The fraction of sp³-hybridized carbons (Fsp3) is 0.250. The third-order valence-electron chi connectivity index (χ3n) is 6.35. The summed E-state index contributed by atoms with van der Waals surface area (Å²) in [5.74, 6) is 0.528. The van der Waals surface area contributed by atoms with E-state index in [1.165, 1.54) is 22.4 Å². The lowest BCUT2D eigenvalue weighted by Gasteiger charge is -2.43. The lowest BCUT2D eigenvalue weighted by Crippen LogP contribution is -2.46. The number of hydrogen-bond donors (Lipinski definition) is 1. The van der Waals surface area contributed by atoms with Gasteiger partial charge in [-0.1, -0.05) is 79.7 Å². The maximum absolute atomic E-state index is 5.79. The van der Waals surface area contributed by atoms with Gasteiger partial charge in [0.25, 0.3) is 0 Å². The van der Waals surface area contributed by atoms with Gasteiger partial charge in [0, 0.05) is 42.8 Å². The zero-order chi connectivity index (χ0) is 22.5. The number of nitrogens with two attached hydrogens (primary N) is 1. The molecule has 4 nitrogen and oxygen atoms in total. The summed E-state index contributed by atoms with van der Waals surface area (Å²) >= 11 is 0. The summed E-state index contributed by atoms with van der Waals surface area (Å²) in [6.07, 6.45) is 2.83. The molecule has 1 saturated heterocycles. The fourth-order valence-electron chi connectivity index (χ4n) is 4.42. The molecule has 3 aromatic rings. The first-order valence-electron chi connectivity index (χ1n) is 11.3. The standard InChI is InChI=1S/C28H32N4/c1-4-21(2)26-20-31(17-18-32(26)22(3)25-15-16-27(29)30-19-25)28(23-11-7-5-8-12-23)24-13-9-6-10-14-24/h5-16,19,28H,3-4,17-18,20H2,1-2H3,(H2,29,30)/b26-21-. The molecule has 0 bridgehead atoms. The molecule has 2 N–H and O–H groups in total. The first kappa shape index (κ1) is 21.8. The molecule has 0 radical (unpaired) electrons. The Bertz CT molecular complexity index is 1030. The first-order valence-corrected chi connectivity index (χ1v) is 11.3. The number of rotatable bonds is 6. The summed E-state index contributed by atoms with van der Waals surface area (Å²) in [5.41, 5.74) is 13.1. The van der Waals surface area contributed by atoms with E-state index in [-0.39, 0.29) is 6.04 Å². The molecule has 0 spiro atoms. The number of hydrogen-bond acceptors (Lipinski definition) is 4. The Kier molecular flexibility index (Phi) is 6.72. The normalized spacial score (nSPS) is 16.3. The number of pyridine rings is 1. The quantitative estimate of drug-likeness (QED) is 0.549. The van der Waals surface area contributed by atoms with E-state index in [4.69, 9.17) is 5.73 Å². The van der Waals surface area contributed by atoms with E-state index in [0.29, 0.717) is 5.82 Å². The van der Waals surface area contributed by atoms with Crippen LogP contribution >= 0.6 is 0 Å². The summed E-state index contributed by atoms with van der Waals surface area (Å²) in [5, 5.41) is 0. The van der Waals surface area contributed by atoms with E-state index in [9.17, 15) is 0 Å². The van der Waals surface area contributed by atoms with Crippen LogP contribution in [0.25, 0.3) is 5.70 Å². The fourth-order valence-corrected chi connectivity index (χ4v) is 4.42. The molecular weight excluding hydrogens is 392 g/mol. The second-order valence-electron chi connectivity index (χ2n) is 8.35. The zero-order valence-corrected chi connectivity index (χ0v) is 19.0. The molecule has 1 aromatic heterocycles. The largest absolute Gasteiger partial charge is 0.384 e. The lowest BCUT2D eigenvalue weighted by molar-refractivity contribution is 0.177. The minimum absolute atomic E-state index is 0.214. The summed E-state index contributed by atoms with van der Waals surface area (Å²) in [7, 11) is 0. The van der Waals surface area contributed by atoms with Crippen molar-refractivity contribution in [3.8, 4) is 0 Å². The third kappa shape index (κ3) is 4.61. The van der Waals surface area contributed by atoms with Gasteiger partial charge in [0.1, 0.15) is 5.82 Å². The average Bonchev–Trinajstić information content (AvgIpc) is 2.85. The minimum Gasteiger partial charge on any atom is -0.384 e. The molecule has 0 aliphatic carbocycles. The summed E-state index contributed by atoms with van der Waals surface area (Å²) in [6.45, 7) is 11.6. The molecule has 1 fully saturated rings. The van der Waals surface area contributed by atoms with Crippen LogP contribution in [0.2, 0.25) is 0 Å². The molecule has 0 saturated carbocycles. The second kappa shape index (κ2) is 9.84. The SMILES string of the molecule is C=C(c1ccc(N)nc1)N1CCN(C(c2ccccc2)c2ccccc2)C/C1=C(\C)CC. The van der Waals surface area contributed by atoms with Crippen molar-refractivity contribution < 1.29 is 0 Å². The Labute approximate surface area is 191 Å². The van der Waals surface area contributed by atoms with Crippen molar-refractivity contribution in [2.45, 2.75) is 26.3 Å². The lowest BCUT2D eigenvalue weighted by atomic mass is 9.95. The maximum Gasteiger partial charge on any atom is 0.123 e. The van der Waals surface area contributed by atoms with Gasteiger partial charge < -0.3 is 10.6 Å². The molecule has 1 aliphatic rings. The molecule has 0 atom stereocenters. The van der Waals surface area contributed by atoms with Gasteiger partial charge in [0.15, 0.2) is 0 Å². The first-order chi connectivity index (χ1) is 15.6. The van der Waals surface area contributed by atoms with Gasteiger partial charge in [-0.15, -0.1) is 0 Å². The molecular formula is C28H32N4. The smallest absolute Gasteiger partial charge is 0.123 e. The predicted molar refractivity (Wildman–Crippen MR) is 134 cm³/mol. The molecule has 0 unspecified atom stereocenters. The Morgan fingerprint density at radius 2 is 1.59 bits per heavy atom. The Morgan fingerprint density at radius 1 is 0.969 bits per heavy atom. The van der Waals surface area contributed by atoms with Gasteiger partial charge in [-0.05, 0) is 36.6 Å². The predicted octanol–water partition coefficient (Wildman–Crippen LogP) is 5.73. The molecule has 2 aromatic carbocycles. The van der Waals surface area contributed by atoms with Gasteiger partial charge in [0.05, 0.1) is 6.04 Å². The van der Waals surface area contributed by atoms with Crippen molar-refractivity contribution in [2.24, 2.45) is 0 Å². The second-order valence-corrected chi connectivity index (χ2v) is 8.35. The van der Waals surface area contributed by atoms with E-state index >= 15 is 0 Å². The van der Waals surface area contributed by atoms with Crippen molar-refractivity contribution in [1.29, 1.82) is 0 Å². The zero-order valence-electron chi connectivity index (χ0n) is 19.0. The molecule has 4 rings (SSSR count). The highest BCUT2D eigenvalue weighted by atomic mass is 15.3. The maximum atomic E-state index is 5.79. The summed E-state index contributed by atoms with van der Waals surface area (Å²) in [4.78, 5) is 9.23. The van der Waals surface area contributed by atoms with Crippen LogP contribution in [0.3, 0.4) is 0 Å². The van der Waals surface area contributed by atoms with Crippen molar-refractivity contribution >= 4 is 11.5 Å². The highest BCUT2D eigenvalue weighted by Gasteiger charge is 2.30. The van der Waals surface area contributed by atoms with Gasteiger partial charge in [-0.2, -0.15) is 0 Å². The molecule has 4 heteroatoms. The highest BCUT2D eigenvalue weighted by molar-refractivity contribution is 5.64. The number of aromatic nitrogens is 1. The summed E-state index contributed by atoms with van der Waals surface area (Å²) in [6, 6.07) is 25.7. The van der Waals surface area contributed by atoms with Crippen LogP contribution in [0, 0.1) is 0 Å². The molecule has 2 heterocycles. The number of piperazine rings is 1. The van der Waals surface area contributed by atoms with Crippen molar-refractivity contribution in [1.82, 2.24) is 14.8 Å². The van der Waals surface area contributed by atoms with E-state index in [0.717, 1.165) is 37.3 Å². The number of benzene rings is 2. The van der Waals surface area contributed by atoms with Gasteiger partial charge in [-0.25, -0.2) is 4.98 Å². The van der Waals surface area contributed by atoms with E-state index in [1.807, 2.05) is 18.3 Å². The van der Waals surface area contributed by atoms with Crippen molar-refractivity contribution in [3.05, 3.63) is 114 Å². The number of nitrogen functional groups attached to an aromatic ring is 1. The Hall–Kier alpha value is -3.37. The Morgan fingerprint density at radius 3 is 2.12 bits per heavy atom. The molecule has 164 valence electrons. The number of anilines is 1. The summed E-state index contributed by atoms with van der Waals surface area (Å²) < 4.78 is 0. The van der Waals surface area contributed by atoms with Gasteiger partial charge in [-0.3, -0.25) is 4.90 Å². The van der Waals surface area contributed by atoms with Crippen LogP contribution in [-0.4, -0.2) is 34.4 Å². The van der Waals surface area contributed by atoms with Gasteiger partial charge in [0.2, 0.25) is 0 Å². The minimum atomic E-state index is 0.214. The van der Waals surface area contributed by atoms with Gasteiger partial charge >= 0.3 is 0 Å². The topological polar surface area (TPSA) is 45.4 Å². The van der Waals surface area contributed by atoms with E-state index in [2.05, 4.69) is 95.9 Å². The Balaban J connectivity index is 1.67. The molecule has 0 amide bonds. The van der Waals surface area contributed by atoms with Crippen LogP contribution in [0.5, 0.6) is 0 Å². The van der Waals surface area contributed by atoms with Crippen molar-refractivity contribution in [3.63, 3.8) is 0 Å². The third-order valence-corrected chi connectivity index (χ3v) is 6.35. The van der Waals surface area contributed by atoms with E-state index < -0.39 is 0 Å². The van der Waals surface area contributed by atoms with Crippen LogP contribution in [0.1, 0.15) is 43.0 Å². The van der Waals surface area contributed by atoms with Crippen molar-refractivity contribution in [2.75, 3.05) is 25.4 Å².